The van der Waals surface area contributed by atoms with Crippen LogP contribution < -0.4 is 0 Å². The fourth-order valence-electron chi connectivity index (χ4n) is 2.82. The van der Waals surface area contributed by atoms with E-state index in [1.54, 1.807) is 23.1 Å². The molecule has 0 spiro atoms. The van der Waals surface area contributed by atoms with E-state index in [-0.39, 0.29) is 11.5 Å². The van der Waals surface area contributed by atoms with Crippen LogP contribution in [0.3, 0.4) is 0 Å². The van der Waals surface area contributed by atoms with Gasteiger partial charge in [-0.25, -0.2) is 9.79 Å². The molecular formula is C21H20N2O3S. The van der Waals surface area contributed by atoms with Gasteiger partial charge < -0.3 is 5.11 Å². The number of aryl methyl sites for hydroxylation is 2. The van der Waals surface area contributed by atoms with Crippen molar-refractivity contribution in [3.8, 4) is 0 Å². The minimum absolute atomic E-state index is 0.0881. The maximum Gasteiger partial charge on any atom is 0.335 e. The smallest absolute Gasteiger partial charge is 0.335 e. The molecule has 0 aliphatic carbocycles. The van der Waals surface area contributed by atoms with Gasteiger partial charge in [-0.2, -0.15) is 0 Å². The summed E-state index contributed by atoms with van der Waals surface area (Å²) in [6, 6.07) is 12.5. The van der Waals surface area contributed by atoms with Crippen molar-refractivity contribution in [3.05, 3.63) is 69.6 Å². The summed E-state index contributed by atoms with van der Waals surface area (Å²) >= 11 is 1.34. The highest BCUT2D eigenvalue weighted by Gasteiger charge is 2.32. The number of amidine groups is 1. The van der Waals surface area contributed by atoms with E-state index in [2.05, 4.69) is 0 Å². The Hall–Kier alpha value is -2.86. The van der Waals surface area contributed by atoms with E-state index in [4.69, 9.17) is 10.1 Å². The molecule has 0 aromatic heterocycles. The zero-order valence-electron chi connectivity index (χ0n) is 15.4. The van der Waals surface area contributed by atoms with Gasteiger partial charge in [0.1, 0.15) is 0 Å². The van der Waals surface area contributed by atoms with E-state index in [9.17, 15) is 9.59 Å². The minimum Gasteiger partial charge on any atom is -0.478 e. The van der Waals surface area contributed by atoms with Crippen LogP contribution in [0.25, 0.3) is 6.08 Å². The molecule has 138 valence electrons. The fraction of sp³-hybridized carbons (Fsp3) is 0.190. The molecule has 0 unspecified atom stereocenters. The van der Waals surface area contributed by atoms with Crippen molar-refractivity contribution in [2.24, 2.45) is 4.99 Å². The summed E-state index contributed by atoms with van der Waals surface area (Å²) in [7, 11) is 0. The lowest BCUT2D eigenvalue weighted by Gasteiger charge is -2.13. The molecule has 5 nitrogen and oxygen atoms in total. The molecule has 1 aliphatic heterocycles. The van der Waals surface area contributed by atoms with E-state index in [0.29, 0.717) is 16.6 Å². The number of aromatic carboxylic acids is 1. The van der Waals surface area contributed by atoms with Crippen LogP contribution in [0, 0.1) is 13.8 Å². The standard InChI is InChI=1S/C21H20N2O3S/c1-4-23-19(24)17(12-15-8-10-16(11-9-15)20(25)26)27-21(23)22-18-13(2)6-5-7-14(18)3/h5-12H,4H2,1-3H3,(H,25,26)/b17-12-,22-21?. The van der Waals surface area contributed by atoms with Gasteiger partial charge in [0.05, 0.1) is 16.2 Å². The second-order valence-corrected chi connectivity index (χ2v) is 7.23. The molecule has 1 aliphatic rings. The lowest BCUT2D eigenvalue weighted by atomic mass is 10.1. The van der Waals surface area contributed by atoms with Crippen molar-refractivity contribution in [2.75, 3.05) is 6.54 Å². The molecule has 0 bridgehead atoms. The van der Waals surface area contributed by atoms with Gasteiger partial charge in [-0.3, -0.25) is 9.69 Å². The van der Waals surface area contributed by atoms with E-state index < -0.39 is 5.97 Å². The van der Waals surface area contributed by atoms with E-state index in [0.717, 1.165) is 22.4 Å². The topological polar surface area (TPSA) is 70.0 Å². The third-order valence-corrected chi connectivity index (χ3v) is 5.31. The zero-order valence-corrected chi connectivity index (χ0v) is 16.2. The maximum absolute atomic E-state index is 12.7. The zero-order chi connectivity index (χ0) is 19.6. The summed E-state index contributed by atoms with van der Waals surface area (Å²) in [5.41, 5.74) is 4.01. The van der Waals surface area contributed by atoms with Crippen LogP contribution in [0.15, 0.2) is 52.4 Å². The van der Waals surface area contributed by atoms with Gasteiger partial charge in [-0.15, -0.1) is 0 Å². The lowest BCUT2D eigenvalue weighted by Crippen LogP contribution is -2.28. The van der Waals surface area contributed by atoms with E-state index >= 15 is 0 Å². The van der Waals surface area contributed by atoms with Gasteiger partial charge in [-0.05, 0) is 67.4 Å². The van der Waals surface area contributed by atoms with Gasteiger partial charge in [0, 0.05) is 6.54 Å². The monoisotopic (exact) mass is 380 g/mol. The van der Waals surface area contributed by atoms with Gasteiger partial charge >= 0.3 is 5.97 Å². The number of carbonyl (C=O) groups is 2. The number of hydrogen-bond acceptors (Lipinski definition) is 4. The SMILES string of the molecule is CCN1C(=O)/C(=C/c2ccc(C(=O)O)cc2)SC1=Nc1c(C)cccc1C. The highest BCUT2D eigenvalue weighted by Crippen LogP contribution is 2.35. The second kappa shape index (κ2) is 7.80. The summed E-state index contributed by atoms with van der Waals surface area (Å²) in [6.45, 7) is 6.46. The lowest BCUT2D eigenvalue weighted by molar-refractivity contribution is -0.122. The number of likely N-dealkylation sites (N-methyl/N-ethyl adjacent to an activating group) is 1. The van der Waals surface area contributed by atoms with Crippen molar-refractivity contribution in [2.45, 2.75) is 20.8 Å². The van der Waals surface area contributed by atoms with Gasteiger partial charge in [0.15, 0.2) is 5.17 Å². The van der Waals surface area contributed by atoms with Crippen LogP contribution >= 0.6 is 11.8 Å². The normalized spacial score (nSPS) is 17.1. The first-order valence-corrected chi connectivity index (χ1v) is 9.42. The summed E-state index contributed by atoms with van der Waals surface area (Å²) in [6.07, 6.45) is 1.77. The van der Waals surface area contributed by atoms with E-state index in [1.165, 1.54) is 23.9 Å². The molecule has 0 saturated carbocycles. The van der Waals surface area contributed by atoms with Gasteiger partial charge in [0.2, 0.25) is 0 Å². The number of nitrogens with zero attached hydrogens (tertiary/aromatic N) is 2. The Morgan fingerprint density at radius 2 is 1.78 bits per heavy atom. The Morgan fingerprint density at radius 3 is 2.33 bits per heavy atom. The minimum atomic E-state index is -0.972. The van der Waals surface area contributed by atoms with Gasteiger partial charge in [0.25, 0.3) is 5.91 Å². The first-order chi connectivity index (χ1) is 12.9. The first-order valence-electron chi connectivity index (χ1n) is 8.60. The fourth-order valence-corrected chi connectivity index (χ4v) is 3.87. The molecule has 1 saturated heterocycles. The number of rotatable bonds is 4. The van der Waals surface area contributed by atoms with Gasteiger partial charge in [-0.1, -0.05) is 30.3 Å². The molecule has 0 radical (unpaired) electrons. The first kappa shape index (κ1) is 18.9. The molecule has 0 atom stereocenters. The predicted molar refractivity (Wildman–Crippen MR) is 109 cm³/mol. The molecule has 1 heterocycles. The molecule has 1 N–H and O–H groups in total. The second-order valence-electron chi connectivity index (χ2n) is 6.22. The number of amides is 1. The van der Waals surface area contributed by atoms with E-state index in [1.807, 2.05) is 39.0 Å². The maximum atomic E-state index is 12.7. The third kappa shape index (κ3) is 3.95. The van der Waals surface area contributed by atoms with Crippen molar-refractivity contribution < 1.29 is 14.7 Å². The van der Waals surface area contributed by atoms with Crippen molar-refractivity contribution in [1.29, 1.82) is 0 Å². The van der Waals surface area contributed by atoms with Crippen molar-refractivity contribution in [3.63, 3.8) is 0 Å². The van der Waals surface area contributed by atoms with Crippen LogP contribution in [-0.4, -0.2) is 33.6 Å². The Bertz CT molecular complexity index is 942. The Morgan fingerprint density at radius 1 is 1.15 bits per heavy atom. The van der Waals surface area contributed by atoms with Crippen LogP contribution in [0.5, 0.6) is 0 Å². The number of para-hydroxylation sites is 1. The Labute approximate surface area is 162 Å². The molecule has 3 rings (SSSR count). The van der Waals surface area contributed by atoms with Crippen LogP contribution in [-0.2, 0) is 4.79 Å². The largest absolute Gasteiger partial charge is 0.478 e. The Kier molecular flexibility index (Phi) is 5.46. The number of carboxylic acids is 1. The summed E-state index contributed by atoms with van der Waals surface area (Å²) in [4.78, 5) is 30.7. The summed E-state index contributed by atoms with van der Waals surface area (Å²) < 4.78 is 0. The van der Waals surface area contributed by atoms with Crippen molar-refractivity contribution in [1.82, 2.24) is 4.90 Å². The van der Waals surface area contributed by atoms with Crippen LogP contribution in [0.2, 0.25) is 0 Å². The number of thioether (sulfide) groups is 1. The summed E-state index contributed by atoms with van der Waals surface area (Å²) in [5, 5.41) is 9.65. The highest BCUT2D eigenvalue weighted by atomic mass is 32.2. The highest BCUT2D eigenvalue weighted by molar-refractivity contribution is 8.18. The average molecular weight is 380 g/mol. The average Bonchev–Trinajstić information content (AvgIpc) is 2.93. The molecule has 1 fully saturated rings. The predicted octanol–water partition coefficient (Wildman–Crippen LogP) is 4.63. The molecule has 1 amide bonds. The number of benzene rings is 2. The van der Waals surface area contributed by atoms with Crippen LogP contribution in [0.4, 0.5) is 5.69 Å². The molecular weight excluding hydrogens is 360 g/mol. The number of aliphatic imine (C=N–C) groups is 1. The number of carboxylic acid groups (broad SMARTS) is 1. The summed E-state index contributed by atoms with van der Waals surface area (Å²) in [5.74, 6) is -1.06. The molecule has 2 aromatic rings. The third-order valence-electron chi connectivity index (χ3n) is 4.31. The molecule has 27 heavy (non-hydrogen) atoms. The Balaban J connectivity index is 1.95. The van der Waals surface area contributed by atoms with Crippen LogP contribution in [0.1, 0.15) is 34.0 Å². The molecule has 6 heteroatoms. The quantitative estimate of drug-likeness (QED) is 0.786. The number of hydrogen-bond donors (Lipinski definition) is 1. The number of carbonyl (C=O) groups excluding carboxylic acids is 1. The van der Waals surface area contributed by atoms with Crippen molar-refractivity contribution >= 4 is 40.6 Å². The molecule has 2 aromatic carbocycles.